The number of rotatable bonds is 2. The average molecular weight is 327 g/mol. The molecule has 1 aromatic heterocycles. The lowest BCUT2D eigenvalue weighted by atomic mass is 10.2. The summed E-state index contributed by atoms with van der Waals surface area (Å²) in [4.78, 5) is 5.37. The Morgan fingerprint density at radius 2 is 2.17 bits per heavy atom. The molecule has 3 rings (SSSR count). The standard InChI is InChI=1S/C12H11BrN2O2S/c1-14-12-15-6-10(18-12)7-4-8(13)11-9(5-7)16-2-3-17-11/h4-6H,2-3H2,1H3,(H,14,15). The van der Waals surface area contributed by atoms with Crippen molar-refractivity contribution < 1.29 is 9.47 Å². The summed E-state index contributed by atoms with van der Waals surface area (Å²) in [5.74, 6) is 1.56. The molecule has 1 aliphatic rings. The molecule has 1 aromatic carbocycles. The van der Waals surface area contributed by atoms with E-state index in [2.05, 4.69) is 26.2 Å². The molecule has 0 atom stereocenters. The largest absolute Gasteiger partial charge is 0.486 e. The van der Waals surface area contributed by atoms with Gasteiger partial charge in [0.1, 0.15) is 13.2 Å². The highest BCUT2D eigenvalue weighted by Crippen LogP contribution is 2.42. The maximum Gasteiger partial charge on any atom is 0.182 e. The summed E-state index contributed by atoms with van der Waals surface area (Å²) >= 11 is 5.12. The number of thiazole rings is 1. The molecule has 0 amide bonds. The van der Waals surface area contributed by atoms with Gasteiger partial charge in [0.2, 0.25) is 0 Å². The molecule has 6 heteroatoms. The molecule has 1 aliphatic heterocycles. The quantitative estimate of drug-likeness (QED) is 0.918. The van der Waals surface area contributed by atoms with E-state index in [9.17, 15) is 0 Å². The molecule has 1 N–H and O–H groups in total. The Kier molecular flexibility index (Phi) is 3.13. The first-order valence-electron chi connectivity index (χ1n) is 5.51. The summed E-state index contributed by atoms with van der Waals surface area (Å²) in [6, 6.07) is 4.02. The van der Waals surface area contributed by atoms with Crippen LogP contribution in [0.15, 0.2) is 22.8 Å². The van der Waals surface area contributed by atoms with Crippen LogP contribution in [0.1, 0.15) is 0 Å². The van der Waals surface area contributed by atoms with Crippen molar-refractivity contribution in [2.45, 2.75) is 0 Å². The van der Waals surface area contributed by atoms with Crippen molar-refractivity contribution in [2.75, 3.05) is 25.6 Å². The van der Waals surface area contributed by atoms with E-state index < -0.39 is 0 Å². The topological polar surface area (TPSA) is 43.4 Å². The van der Waals surface area contributed by atoms with E-state index in [1.807, 2.05) is 25.4 Å². The lowest BCUT2D eigenvalue weighted by molar-refractivity contribution is 0.170. The van der Waals surface area contributed by atoms with Crippen LogP contribution in [0.5, 0.6) is 11.5 Å². The first-order valence-corrected chi connectivity index (χ1v) is 7.12. The summed E-state index contributed by atoms with van der Waals surface area (Å²) < 4.78 is 12.1. The third kappa shape index (κ3) is 2.06. The van der Waals surface area contributed by atoms with Crippen molar-refractivity contribution in [2.24, 2.45) is 0 Å². The molecule has 0 saturated carbocycles. The summed E-state index contributed by atoms with van der Waals surface area (Å²) in [5.41, 5.74) is 1.07. The lowest BCUT2D eigenvalue weighted by Crippen LogP contribution is -2.15. The van der Waals surface area contributed by atoms with E-state index in [0.717, 1.165) is 31.5 Å². The smallest absolute Gasteiger partial charge is 0.182 e. The molecule has 0 bridgehead atoms. The van der Waals surface area contributed by atoms with Gasteiger partial charge in [-0.2, -0.15) is 0 Å². The highest BCUT2D eigenvalue weighted by molar-refractivity contribution is 9.10. The Balaban J connectivity index is 2.04. The number of hydrogen-bond donors (Lipinski definition) is 1. The van der Waals surface area contributed by atoms with Gasteiger partial charge in [0.15, 0.2) is 16.6 Å². The minimum absolute atomic E-state index is 0.591. The Morgan fingerprint density at radius 3 is 2.94 bits per heavy atom. The number of ether oxygens (including phenoxy) is 2. The molecule has 18 heavy (non-hydrogen) atoms. The number of nitrogens with zero attached hydrogens (tertiary/aromatic N) is 1. The van der Waals surface area contributed by atoms with E-state index in [1.54, 1.807) is 11.3 Å². The van der Waals surface area contributed by atoms with E-state index in [0.29, 0.717) is 13.2 Å². The number of anilines is 1. The molecule has 2 aromatic rings. The molecule has 0 aliphatic carbocycles. The Hall–Kier alpha value is -1.27. The normalized spacial score (nSPS) is 13.4. The van der Waals surface area contributed by atoms with Gasteiger partial charge in [-0.05, 0) is 33.6 Å². The Bertz CT molecular complexity index is 585. The van der Waals surface area contributed by atoms with Gasteiger partial charge in [-0.3, -0.25) is 0 Å². The van der Waals surface area contributed by atoms with Gasteiger partial charge < -0.3 is 14.8 Å². The zero-order chi connectivity index (χ0) is 12.5. The fraction of sp³-hybridized carbons (Fsp3) is 0.250. The highest BCUT2D eigenvalue weighted by Gasteiger charge is 2.17. The Labute approximate surface area is 117 Å². The van der Waals surface area contributed by atoms with E-state index in [4.69, 9.17) is 9.47 Å². The lowest BCUT2D eigenvalue weighted by Gasteiger charge is -2.20. The fourth-order valence-electron chi connectivity index (χ4n) is 1.78. The molecular weight excluding hydrogens is 316 g/mol. The minimum Gasteiger partial charge on any atom is -0.486 e. The molecule has 0 saturated heterocycles. The third-order valence-corrected chi connectivity index (χ3v) is 4.25. The number of nitrogens with one attached hydrogen (secondary N) is 1. The first kappa shape index (κ1) is 11.8. The van der Waals surface area contributed by atoms with E-state index >= 15 is 0 Å². The van der Waals surface area contributed by atoms with Gasteiger partial charge in [-0.1, -0.05) is 11.3 Å². The molecular formula is C12H11BrN2O2S. The molecule has 4 nitrogen and oxygen atoms in total. The van der Waals surface area contributed by atoms with Crippen LogP contribution in [0, 0.1) is 0 Å². The first-order chi connectivity index (χ1) is 8.78. The molecule has 0 radical (unpaired) electrons. The van der Waals surface area contributed by atoms with Crippen LogP contribution in [0.2, 0.25) is 0 Å². The van der Waals surface area contributed by atoms with Crippen molar-refractivity contribution in [3.63, 3.8) is 0 Å². The number of aromatic nitrogens is 1. The summed E-state index contributed by atoms with van der Waals surface area (Å²) in [7, 11) is 1.86. The monoisotopic (exact) mass is 326 g/mol. The summed E-state index contributed by atoms with van der Waals surface area (Å²) in [5, 5.41) is 3.93. The van der Waals surface area contributed by atoms with Gasteiger partial charge >= 0.3 is 0 Å². The zero-order valence-corrected chi connectivity index (χ0v) is 12.1. The number of fused-ring (bicyclic) bond motifs is 1. The predicted octanol–water partition coefficient (Wildman–Crippen LogP) is 3.39. The third-order valence-electron chi connectivity index (χ3n) is 2.60. The maximum atomic E-state index is 5.61. The highest BCUT2D eigenvalue weighted by atomic mass is 79.9. The summed E-state index contributed by atoms with van der Waals surface area (Å²) in [6.07, 6.45) is 1.86. The van der Waals surface area contributed by atoms with Crippen LogP contribution in [0.25, 0.3) is 10.4 Å². The molecule has 0 spiro atoms. The zero-order valence-electron chi connectivity index (χ0n) is 9.70. The van der Waals surface area contributed by atoms with Crippen LogP contribution >= 0.6 is 27.3 Å². The van der Waals surface area contributed by atoms with Crippen LogP contribution < -0.4 is 14.8 Å². The summed E-state index contributed by atoms with van der Waals surface area (Å²) in [6.45, 7) is 1.18. The van der Waals surface area contributed by atoms with Gasteiger partial charge in [-0.25, -0.2) is 4.98 Å². The van der Waals surface area contributed by atoms with Crippen molar-refractivity contribution in [1.29, 1.82) is 0 Å². The van der Waals surface area contributed by atoms with Gasteiger partial charge in [0.25, 0.3) is 0 Å². The SMILES string of the molecule is CNc1ncc(-c2cc(Br)c3c(c2)OCCO3)s1. The van der Waals surface area contributed by atoms with Crippen molar-refractivity contribution in [3.05, 3.63) is 22.8 Å². The maximum absolute atomic E-state index is 5.61. The van der Waals surface area contributed by atoms with E-state index in [1.165, 1.54) is 0 Å². The Morgan fingerprint density at radius 1 is 1.33 bits per heavy atom. The number of hydrogen-bond acceptors (Lipinski definition) is 5. The predicted molar refractivity (Wildman–Crippen MR) is 75.8 cm³/mol. The van der Waals surface area contributed by atoms with Crippen LogP contribution in [-0.2, 0) is 0 Å². The average Bonchev–Trinajstić information content (AvgIpc) is 2.87. The van der Waals surface area contributed by atoms with Crippen LogP contribution in [0.3, 0.4) is 0 Å². The number of halogens is 1. The molecule has 0 unspecified atom stereocenters. The van der Waals surface area contributed by atoms with Crippen LogP contribution in [0.4, 0.5) is 5.13 Å². The second-order valence-electron chi connectivity index (χ2n) is 3.76. The van der Waals surface area contributed by atoms with Gasteiger partial charge in [0.05, 0.1) is 9.35 Å². The van der Waals surface area contributed by atoms with Gasteiger partial charge in [0, 0.05) is 13.2 Å². The minimum atomic E-state index is 0.591. The van der Waals surface area contributed by atoms with Crippen molar-refractivity contribution in [1.82, 2.24) is 4.98 Å². The van der Waals surface area contributed by atoms with Gasteiger partial charge in [-0.15, -0.1) is 0 Å². The van der Waals surface area contributed by atoms with Crippen LogP contribution in [-0.4, -0.2) is 25.2 Å². The fourth-order valence-corrected chi connectivity index (χ4v) is 3.09. The molecule has 2 heterocycles. The second-order valence-corrected chi connectivity index (χ2v) is 5.65. The molecule has 94 valence electrons. The molecule has 0 fully saturated rings. The second kappa shape index (κ2) is 4.78. The van der Waals surface area contributed by atoms with Crippen molar-refractivity contribution >= 4 is 32.4 Å². The van der Waals surface area contributed by atoms with E-state index in [-0.39, 0.29) is 0 Å². The number of benzene rings is 1. The van der Waals surface area contributed by atoms with Crippen molar-refractivity contribution in [3.8, 4) is 21.9 Å².